The SMILES string of the molecule is C/C=C1/CN2CC[C@@]34c5ccccc5N(C(=O)OC(C)(C)C)[C@@]13[C@@H]2C[C@@H]4C(C(=O)OC)C(=O)OC. The van der Waals surface area contributed by atoms with Crippen molar-refractivity contribution in [1.82, 2.24) is 4.90 Å². The number of para-hydroxylation sites is 1. The van der Waals surface area contributed by atoms with Crippen LogP contribution in [0.25, 0.3) is 0 Å². The number of hydrogen-bond donors (Lipinski definition) is 0. The lowest BCUT2D eigenvalue weighted by Crippen LogP contribution is -2.67. The number of carbonyl (C=O) groups is 3. The van der Waals surface area contributed by atoms with Crippen molar-refractivity contribution in [3.8, 4) is 0 Å². The van der Waals surface area contributed by atoms with Gasteiger partial charge < -0.3 is 14.2 Å². The van der Waals surface area contributed by atoms with Gasteiger partial charge >= 0.3 is 18.0 Å². The zero-order valence-electron chi connectivity index (χ0n) is 21.3. The van der Waals surface area contributed by atoms with Gasteiger partial charge in [-0.2, -0.15) is 0 Å². The van der Waals surface area contributed by atoms with Gasteiger partial charge in [0.05, 0.1) is 25.4 Å². The molecule has 8 heteroatoms. The van der Waals surface area contributed by atoms with Gasteiger partial charge in [0.25, 0.3) is 0 Å². The Balaban J connectivity index is 1.81. The summed E-state index contributed by atoms with van der Waals surface area (Å²) in [6.45, 7) is 9.14. The number of nitrogens with zero attached hydrogens (tertiary/aromatic N) is 2. The van der Waals surface area contributed by atoms with E-state index in [-0.39, 0.29) is 6.04 Å². The van der Waals surface area contributed by atoms with Crippen LogP contribution in [0.5, 0.6) is 0 Å². The molecule has 1 spiro atoms. The number of anilines is 1. The van der Waals surface area contributed by atoms with Crippen molar-refractivity contribution >= 4 is 23.7 Å². The summed E-state index contributed by atoms with van der Waals surface area (Å²) in [6, 6.07) is 7.82. The van der Waals surface area contributed by atoms with Gasteiger partial charge in [-0.15, -0.1) is 0 Å². The van der Waals surface area contributed by atoms with E-state index in [0.717, 1.165) is 29.9 Å². The van der Waals surface area contributed by atoms with Crippen LogP contribution in [-0.4, -0.2) is 67.4 Å². The third-order valence-corrected chi connectivity index (χ3v) is 8.59. The monoisotopic (exact) mass is 482 g/mol. The van der Waals surface area contributed by atoms with Crippen LogP contribution in [0, 0.1) is 11.8 Å². The maximum absolute atomic E-state index is 14.0. The molecule has 1 amide bonds. The number of rotatable bonds is 3. The number of methoxy groups -OCH3 is 2. The van der Waals surface area contributed by atoms with Crippen molar-refractivity contribution in [2.45, 2.75) is 63.1 Å². The molecule has 1 unspecified atom stereocenters. The van der Waals surface area contributed by atoms with E-state index >= 15 is 0 Å². The second-order valence-electron chi connectivity index (χ2n) is 11.0. The molecule has 0 N–H and O–H groups in total. The van der Waals surface area contributed by atoms with Crippen LogP contribution in [-0.2, 0) is 29.2 Å². The molecule has 0 aromatic heterocycles. The van der Waals surface area contributed by atoms with Crippen LogP contribution in [0.3, 0.4) is 0 Å². The summed E-state index contributed by atoms with van der Waals surface area (Å²) in [5, 5.41) is 0. The van der Waals surface area contributed by atoms with Gasteiger partial charge in [0, 0.05) is 18.0 Å². The molecule has 1 aliphatic carbocycles. The zero-order chi connectivity index (χ0) is 25.3. The molecule has 1 saturated carbocycles. The average molecular weight is 483 g/mol. The Kier molecular flexibility index (Phi) is 5.33. The molecule has 1 aromatic carbocycles. The lowest BCUT2D eigenvalue weighted by Gasteiger charge is -2.51. The van der Waals surface area contributed by atoms with Gasteiger partial charge in [-0.1, -0.05) is 24.3 Å². The number of carbonyl (C=O) groups excluding carboxylic acids is 3. The van der Waals surface area contributed by atoms with E-state index in [1.807, 2.05) is 56.9 Å². The highest BCUT2D eigenvalue weighted by molar-refractivity contribution is 5.99. The van der Waals surface area contributed by atoms with Gasteiger partial charge in [-0.3, -0.25) is 19.4 Å². The van der Waals surface area contributed by atoms with Crippen molar-refractivity contribution in [2.75, 3.05) is 32.2 Å². The molecule has 3 heterocycles. The van der Waals surface area contributed by atoms with Crippen molar-refractivity contribution in [1.29, 1.82) is 0 Å². The van der Waals surface area contributed by atoms with E-state index < -0.39 is 46.4 Å². The summed E-state index contributed by atoms with van der Waals surface area (Å²) >= 11 is 0. The molecule has 3 aliphatic heterocycles. The predicted octanol–water partition coefficient (Wildman–Crippen LogP) is 3.43. The Labute approximate surface area is 206 Å². The molecule has 4 aliphatic rings. The minimum Gasteiger partial charge on any atom is -0.468 e. The summed E-state index contributed by atoms with van der Waals surface area (Å²) in [4.78, 5) is 44.4. The zero-order valence-corrected chi connectivity index (χ0v) is 21.3. The summed E-state index contributed by atoms with van der Waals surface area (Å²) in [7, 11) is 2.60. The van der Waals surface area contributed by atoms with Gasteiger partial charge in [-0.05, 0) is 70.2 Å². The van der Waals surface area contributed by atoms with E-state index in [2.05, 4.69) is 11.0 Å². The third kappa shape index (κ3) is 2.86. The van der Waals surface area contributed by atoms with Crippen LogP contribution in [0.2, 0.25) is 0 Å². The smallest absolute Gasteiger partial charge is 0.415 e. The molecule has 2 saturated heterocycles. The fraction of sp³-hybridized carbons (Fsp3) is 0.593. The first-order valence-corrected chi connectivity index (χ1v) is 12.3. The van der Waals surface area contributed by atoms with Crippen molar-refractivity contribution < 1.29 is 28.6 Å². The largest absolute Gasteiger partial charge is 0.468 e. The summed E-state index contributed by atoms with van der Waals surface area (Å²) in [5.74, 6) is -2.68. The van der Waals surface area contributed by atoms with Crippen LogP contribution >= 0.6 is 0 Å². The number of hydrogen-bond acceptors (Lipinski definition) is 7. The van der Waals surface area contributed by atoms with Crippen molar-refractivity contribution in [2.24, 2.45) is 11.8 Å². The molecule has 1 aromatic rings. The van der Waals surface area contributed by atoms with Crippen molar-refractivity contribution in [3.05, 3.63) is 41.5 Å². The molecule has 3 fully saturated rings. The van der Waals surface area contributed by atoms with E-state index in [4.69, 9.17) is 14.2 Å². The minimum atomic E-state index is -1.09. The molecule has 0 radical (unpaired) electrons. The first kappa shape index (κ1) is 23.9. The minimum absolute atomic E-state index is 0.0656. The second kappa shape index (κ2) is 7.82. The molecule has 188 valence electrons. The Bertz CT molecular complexity index is 1110. The standard InChI is InChI=1S/C27H34N2O6/c1-7-16-15-28-13-12-26-17-10-8-9-11-19(17)29(24(32)35-25(2,3)4)27(16,26)20(28)14-18(26)21(22(30)33-5)23(31)34-6/h7-11,18,20-21H,12-15H2,1-6H3/b16-7-/t18-,20+,26+,27-/m1/s1. The van der Waals surface area contributed by atoms with Crippen LogP contribution in [0.15, 0.2) is 35.9 Å². The first-order chi connectivity index (χ1) is 16.6. The second-order valence-corrected chi connectivity index (χ2v) is 11.0. The van der Waals surface area contributed by atoms with Gasteiger partial charge in [-0.25, -0.2) is 4.79 Å². The fourth-order valence-corrected chi connectivity index (χ4v) is 7.71. The van der Waals surface area contributed by atoms with Crippen LogP contribution in [0.1, 0.15) is 46.1 Å². The van der Waals surface area contributed by atoms with E-state index in [9.17, 15) is 14.4 Å². The highest BCUT2D eigenvalue weighted by Gasteiger charge is 2.81. The number of amides is 1. The first-order valence-electron chi connectivity index (χ1n) is 12.3. The molecular weight excluding hydrogens is 448 g/mol. The lowest BCUT2D eigenvalue weighted by atomic mass is 9.58. The van der Waals surface area contributed by atoms with Gasteiger partial charge in [0.1, 0.15) is 5.60 Å². The average Bonchev–Trinajstić information content (AvgIpc) is 3.27. The fourth-order valence-electron chi connectivity index (χ4n) is 7.71. The Morgan fingerprint density at radius 1 is 1.11 bits per heavy atom. The quantitative estimate of drug-likeness (QED) is 0.282. The number of ether oxygens (including phenoxy) is 3. The topological polar surface area (TPSA) is 85.4 Å². The van der Waals surface area contributed by atoms with E-state index in [1.165, 1.54) is 14.2 Å². The molecule has 4 bridgehead atoms. The van der Waals surface area contributed by atoms with Crippen molar-refractivity contribution in [3.63, 3.8) is 0 Å². The molecule has 5 rings (SSSR count). The molecular formula is C27H34N2O6. The van der Waals surface area contributed by atoms with Crippen LogP contribution < -0.4 is 4.90 Å². The van der Waals surface area contributed by atoms with Gasteiger partial charge in [0.2, 0.25) is 0 Å². The summed E-state index contributed by atoms with van der Waals surface area (Å²) in [5.41, 5.74) is 0.799. The van der Waals surface area contributed by atoms with E-state index in [1.54, 1.807) is 0 Å². The molecule has 8 nitrogen and oxygen atoms in total. The molecule has 5 atom stereocenters. The predicted molar refractivity (Wildman–Crippen MR) is 129 cm³/mol. The maximum atomic E-state index is 14.0. The van der Waals surface area contributed by atoms with Gasteiger partial charge in [0.15, 0.2) is 5.92 Å². The highest BCUT2D eigenvalue weighted by atomic mass is 16.6. The number of benzene rings is 1. The summed E-state index contributed by atoms with van der Waals surface area (Å²) in [6.07, 6.45) is 2.96. The Morgan fingerprint density at radius 2 is 1.77 bits per heavy atom. The number of fused-ring (bicyclic) bond motifs is 1. The number of esters is 2. The lowest BCUT2D eigenvalue weighted by molar-refractivity contribution is -0.163. The number of piperidine rings is 1. The Hall–Kier alpha value is -2.87. The third-order valence-electron chi connectivity index (χ3n) is 8.59. The van der Waals surface area contributed by atoms with E-state index in [0.29, 0.717) is 12.8 Å². The maximum Gasteiger partial charge on any atom is 0.415 e. The highest BCUT2D eigenvalue weighted by Crippen LogP contribution is 2.73. The molecule has 35 heavy (non-hydrogen) atoms. The number of allylic oxidation sites excluding steroid dienone is 1. The van der Waals surface area contributed by atoms with Crippen LogP contribution in [0.4, 0.5) is 10.5 Å². The normalized spacial score (nSPS) is 33.5. The summed E-state index contributed by atoms with van der Waals surface area (Å²) < 4.78 is 16.2. The Morgan fingerprint density at radius 3 is 2.37 bits per heavy atom.